The minimum absolute atomic E-state index is 0.351. The Bertz CT molecular complexity index is 488. The topological polar surface area (TPSA) is 27.6 Å². The molecule has 5 heteroatoms. The Hall–Kier alpha value is -1.91. The number of nitrogens with zero attached hydrogens (tertiary/aromatic N) is 2. The van der Waals surface area contributed by atoms with Crippen LogP contribution in [0.5, 0.6) is 0 Å². The van der Waals surface area contributed by atoms with Crippen LogP contribution in [-0.2, 0) is 0 Å². The fourth-order valence-corrected chi connectivity index (χ4v) is 2.44. The quantitative estimate of drug-likeness (QED) is 0.685. The molecule has 1 saturated heterocycles. The first-order valence-corrected chi connectivity index (χ1v) is 7.17. The molecule has 1 aromatic rings. The lowest BCUT2D eigenvalue weighted by Gasteiger charge is -2.31. The second-order valence-electron chi connectivity index (χ2n) is 5.02. The van der Waals surface area contributed by atoms with Crippen molar-refractivity contribution in [2.24, 2.45) is 4.99 Å². The lowest BCUT2D eigenvalue weighted by atomic mass is 10.0. The van der Waals surface area contributed by atoms with Crippen LogP contribution in [0.3, 0.4) is 0 Å². The van der Waals surface area contributed by atoms with Gasteiger partial charge < -0.3 is 10.2 Å². The fraction of sp³-hybridized carbons (Fsp3) is 0.438. The second-order valence-corrected chi connectivity index (χ2v) is 5.02. The molecule has 0 saturated carbocycles. The van der Waals surface area contributed by atoms with Crippen LogP contribution >= 0.6 is 0 Å². The average molecular weight is 293 g/mol. The lowest BCUT2D eigenvalue weighted by Crippen LogP contribution is -2.45. The summed E-state index contributed by atoms with van der Waals surface area (Å²) in [6, 6.07) is 10.2. The summed E-state index contributed by atoms with van der Waals surface area (Å²) < 4.78 is 24.5. The monoisotopic (exact) mass is 293 g/mol. The van der Waals surface area contributed by atoms with Crippen LogP contribution in [0, 0.1) is 0 Å². The molecule has 0 aliphatic carbocycles. The van der Waals surface area contributed by atoms with Crippen molar-refractivity contribution in [3.05, 3.63) is 41.5 Å². The minimum Gasteiger partial charge on any atom is -0.351 e. The second kappa shape index (κ2) is 7.76. The van der Waals surface area contributed by atoms with Gasteiger partial charge in [0, 0.05) is 20.1 Å². The third-order valence-electron chi connectivity index (χ3n) is 3.50. The Balaban J connectivity index is 1.89. The summed E-state index contributed by atoms with van der Waals surface area (Å²) in [6.45, 7) is 1.26. The Morgan fingerprint density at radius 2 is 1.95 bits per heavy atom. The van der Waals surface area contributed by atoms with E-state index in [9.17, 15) is 8.78 Å². The largest absolute Gasteiger partial charge is 0.351 e. The van der Waals surface area contributed by atoms with Crippen molar-refractivity contribution in [2.45, 2.75) is 19.3 Å². The van der Waals surface area contributed by atoms with Crippen LogP contribution in [0.15, 0.2) is 40.9 Å². The summed E-state index contributed by atoms with van der Waals surface area (Å²) in [6.07, 6.45) is 1.72. The van der Waals surface area contributed by atoms with Crippen molar-refractivity contribution in [1.29, 1.82) is 0 Å². The van der Waals surface area contributed by atoms with Crippen LogP contribution in [0.2, 0.25) is 0 Å². The standard InChI is InChI=1S/C16H21F2N3/c1-19-16(20-12-15(17)18)21-9-7-14(8-10-21)11-13-5-3-2-4-6-13/h2-6,11,15H,7-10,12H2,1H3,(H,19,20). The van der Waals surface area contributed by atoms with Gasteiger partial charge in [-0.05, 0) is 18.4 Å². The molecule has 1 aromatic carbocycles. The Labute approximate surface area is 124 Å². The van der Waals surface area contributed by atoms with E-state index in [0.717, 1.165) is 25.9 Å². The van der Waals surface area contributed by atoms with Gasteiger partial charge in [0.05, 0.1) is 6.54 Å². The number of likely N-dealkylation sites (tertiary alicyclic amines) is 1. The first kappa shape index (κ1) is 15.5. The van der Waals surface area contributed by atoms with Crippen molar-refractivity contribution >= 4 is 12.0 Å². The van der Waals surface area contributed by atoms with E-state index in [-0.39, 0.29) is 6.54 Å². The number of nitrogens with one attached hydrogen (secondary N) is 1. The van der Waals surface area contributed by atoms with Crippen LogP contribution in [0.4, 0.5) is 8.78 Å². The number of halogens is 2. The predicted molar refractivity (Wildman–Crippen MR) is 82.6 cm³/mol. The summed E-state index contributed by atoms with van der Waals surface area (Å²) in [7, 11) is 1.63. The van der Waals surface area contributed by atoms with E-state index >= 15 is 0 Å². The number of hydrogen-bond donors (Lipinski definition) is 1. The van der Waals surface area contributed by atoms with E-state index in [1.807, 2.05) is 23.1 Å². The molecule has 0 bridgehead atoms. The first-order valence-electron chi connectivity index (χ1n) is 7.17. The van der Waals surface area contributed by atoms with E-state index in [1.54, 1.807) is 7.05 Å². The summed E-state index contributed by atoms with van der Waals surface area (Å²) in [4.78, 5) is 6.10. The molecule has 0 atom stereocenters. The van der Waals surface area contributed by atoms with Gasteiger partial charge in [0.25, 0.3) is 6.43 Å². The Kier molecular flexibility index (Phi) is 5.72. The van der Waals surface area contributed by atoms with E-state index in [4.69, 9.17) is 0 Å². The number of rotatable bonds is 3. The van der Waals surface area contributed by atoms with Crippen molar-refractivity contribution in [3.63, 3.8) is 0 Å². The fourth-order valence-electron chi connectivity index (χ4n) is 2.44. The molecule has 1 aliphatic rings. The summed E-state index contributed by atoms with van der Waals surface area (Å²) in [5, 5.41) is 2.71. The maximum atomic E-state index is 12.3. The summed E-state index contributed by atoms with van der Waals surface area (Å²) >= 11 is 0. The zero-order valence-electron chi connectivity index (χ0n) is 12.2. The van der Waals surface area contributed by atoms with Gasteiger partial charge in [-0.2, -0.15) is 0 Å². The molecule has 0 unspecified atom stereocenters. The highest BCUT2D eigenvalue weighted by Crippen LogP contribution is 2.19. The lowest BCUT2D eigenvalue weighted by molar-refractivity contribution is 0.150. The molecule has 1 heterocycles. The van der Waals surface area contributed by atoms with Crippen molar-refractivity contribution < 1.29 is 8.78 Å². The van der Waals surface area contributed by atoms with Gasteiger partial charge >= 0.3 is 0 Å². The average Bonchev–Trinajstić information content (AvgIpc) is 2.50. The van der Waals surface area contributed by atoms with Gasteiger partial charge in [-0.15, -0.1) is 0 Å². The van der Waals surface area contributed by atoms with Crippen molar-refractivity contribution in [2.75, 3.05) is 26.7 Å². The summed E-state index contributed by atoms with van der Waals surface area (Å²) in [5.74, 6) is 0.564. The van der Waals surface area contributed by atoms with Gasteiger partial charge in [0.15, 0.2) is 5.96 Å². The first-order chi connectivity index (χ1) is 10.2. The van der Waals surface area contributed by atoms with E-state index in [2.05, 4.69) is 28.5 Å². The number of aliphatic imine (C=N–C) groups is 1. The Morgan fingerprint density at radius 3 is 2.52 bits per heavy atom. The third kappa shape index (κ3) is 4.85. The smallest absolute Gasteiger partial charge is 0.255 e. The summed E-state index contributed by atoms with van der Waals surface area (Å²) in [5.41, 5.74) is 2.60. The molecule has 1 fully saturated rings. The van der Waals surface area contributed by atoms with Crippen LogP contribution in [0.1, 0.15) is 18.4 Å². The number of piperidine rings is 1. The van der Waals surface area contributed by atoms with E-state index in [0.29, 0.717) is 5.96 Å². The predicted octanol–water partition coefficient (Wildman–Crippen LogP) is 3.01. The van der Waals surface area contributed by atoms with Crippen LogP contribution < -0.4 is 5.32 Å². The van der Waals surface area contributed by atoms with Crippen LogP contribution in [0.25, 0.3) is 6.08 Å². The van der Waals surface area contributed by atoms with E-state index < -0.39 is 6.43 Å². The minimum atomic E-state index is -2.36. The maximum Gasteiger partial charge on any atom is 0.255 e. The zero-order valence-corrected chi connectivity index (χ0v) is 12.2. The van der Waals surface area contributed by atoms with Crippen LogP contribution in [-0.4, -0.2) is 44.0 Å². The number of alkyl halides is 2. The molecule has 21 heavy (non-hydrogen) atoms. The molecular weight excluding hydrogens is 272 g/mol. The number of guanidine groups is 1. The molecule has 2 rings (SSSR count). The molecule has 114 valence electrons. The van der Waals surface area contributed by atoms with Gasteiger partial charge in [-0.3, -0.25) is 4.99 Å². The highest BCUT2D eigenvalue weighted by atomic mass is 19.3. The van der Waals surface area contributed by atoms with Gasteiger partial charge in [-0.1, -0.05) is 42.0 Å². The highest BCUT2D eigenvalue weighted by molar-refractivity contribution is 5.80. The number of hydrogen-bond acceptors (Lipinski definition) is 1. The normalized spacial score (nSPS) is 16.3. The van der Waals surface area contributed by atoms with E-state index in [1.165, 1.54) is 11.1 Å². The number of benzene rings is 1. The molecule has 0 spiro atoms. The van der Waals surface area contributed by atoms with Crippen molar-refractivity contribution in [1.82, 2.24) is 10.2 Å². The van der Waals surface area contributed by atoms with Gasteiger partial charge in [0.2, 0.25) is 0 Å². The molecule has 0 radical (unpaired) electrons. The molecule has 0 amide bonds. The molecule has 0 aromatic heterocycles. The highest BCUT2D eigenvalue weighted by Gasteiger charge is 2.17. The van der Waals surface area contributed by atoms with Gasteiger partial charge in [-0.25, -0.2) is 8.78 Å². The SMILES string of the molecule is CN=C(NCC(F)F)N1CCC(=Cc2ccccc2)CC1. The Morgan fingerprint density at radius 1 is 1.29 bits per heavy atom. The van der Waals surface area contributed by atoms with Crippen molar-refractivity contribution in [3.8, 4) is 0 Å². The molecular formula is C16H21F2N3. The zero-order chi connectivity index (χ0) is 15.1. The molecule has 1 aliphatic heterocycles. The molecule has 3 nitrogen and oxygen atoms in total. The maximum absolute atomic E-state index is 12.3. The van der Waals surface area contributed by atoms with Gasteiger partial charge in [0.1, 0.15) is 0 Å². The third-order valence-corrected chi connectivity index (χ3v) is 3.50. The molecule has 1 N–H and O–H groups in total.